The molecule has 0 saturated heterocycles. The quantitative estimate of drug-likeness (QED) is 0.730. The average molecular weight is 277 g/mol. The summed E-state index contributed by atoms with van der Waals surface area (Å²) in [7, 11) is 3.68. The predicted molar refractivity (Wildman–Crippen MR) is 77.5 cm³/mol. The number of methoxy groups -OCH3 is 1. The molecule has 0 atom stereocenters. The van der Waals surface area contributed by atoms with Gasteiger partial charge >= 0.3 is 0 Å². The maximum atomic E-state index is 5.00. The Morgan fingerprint density at radius 2 is 2.25 bits per heavy atom. The van der Waals surface area contributed by atoms with Crippen molar-refractivity contribution in [2.24, 2.45) is 7.05 Å². The molecule has 0 bridgehead atoms. The smallest absolute Gasteiger partial charge is 0.0828 e. The van der Waals surface area contributed by atoms with Crippen LogP contribution in [0.4, 0.5) is 0 Å². The molecule has 2 aromatic rings. The maximum absolute atomic E-state index is 5.00. The number of aryl methyl sites for hydroxylation is 2. The van der Waals surface area contributed by atoms with Crippen LogP contribution in [-0.4, -0.2) is 39.8 Å². The van der Waals surface area contributed by atoms with Gasteiger partial charge < -0.3 is 10.1 Å². The molecule has 1 N–H and O–H groups in total. The Hall–Kier alpha value is -1.66. The Morgan fingerprint density at radius 1 is 1.40 bits per heavy atom. The minimum atomic E-state index is 0.725. The number of hydrogen-bond acceptors (Lipinski definition) is 4. The largest absolute Gasteiger partial charge is 0.383 e. The lowest BCUT2D eigenvalue weighted by molar-refractivity contribution is 0.199. The molecule has 0 unspecified atom stereocenters. The highest BCUT2D eigenvalue weighted by molar-refractivity contribution is 5.11. The zero-order valence-corrected chi connectivity index (χ0v) is 12.5. The van der Waals surface area contributed by atoms with Gasteiger partial charge in [0.1, 0.15) is 0 Å². The second-order valence-corrected chi connectivity index (χ2v) is 4.82. The van der Waals surface area contributed by atoms with Crippen LogP contribution in [0.15, 0.2) is 18.5 Å². The first-order valence-electron chi connectivity index (χ1n) is 6.95. The Labute approximate surface area is 119 Å². The number of ether oxygens (including phenoxy) is 1. The van der Waals surface area contributed by atoms with E-state index >= 15 is 0 Å². The molecule has 0 radical (unpaired) electrons. The van der Waals surface area contributed by atoms with Crippen molar-refractivity contribution < 1.29 is 4.74 Å². The van der Waals surface area contributed by atoms with Crippen molar-refractivity contribution in [3.8, 4) is 0 Å². The molecular weight excluding hydrogens is 254 g/mol. The van der Waals surface area contributed by atoms with Crippen LogP contribution in [0, 0.1) is 0 Å². The van der Waals surface area contributed by atoms with E-state index in [2.05, 4.69) is 34.7 Å². The van der Waals surface area contributed by atoms with Gasteiger partial charge in [0.15, 0.2) is 0 Å². The van der Waals surface area contributed by atoms with E-state index in [1.54, 1.807) is 7.11 Å². The van der Waals surface area contributed by atoms with Crippen LogP contribution >= 0.6 is 0 Å². The summed E-state index contributed by atoms with van der Waals surface area (Å²) in [6.07, 6.45) is 4.93. The van der Waals surface area contributed by atoms with Crippen LogP contribution in [0.3, 0.4) is 0 Å². The Balaban J connectivity index is 1.90. The average Bonchev–Trinajstić information content (AvgIpc) is 3.03. The minimum Gasteiger partial charge on any atom is -0.383 e. The molecule has 0 aliphatic rings. The molecule has 0 aliphatic heterocycles. The van der Waals surface area contributed by atoms with Gasteiger partial charge in [0.05, 0.1) is 30.7 Å². The van der Waals surface area contributed by atoms with E-state index in [0.717, 1.165) is 38.4 Å². The monoisotopic (exact) mass is 277 g/mol. The molecule has 0 saturated carbocycles. The first-order chi connectivity index (χ1) is 9.72. The molecule has 0 fully saturated rings. The van der Waals surface area contributed by atoms with Gasteiger partial charge in [-0.25, -0.2) is 0 Å². The summed E-state index contributed by atoms with van der Waals surface area (Å²) in [5.74, 6) is 0. The molecule has 20 heavy (non-hydrogen) atoms. The van der Waals surface area contributed by atoms with Crippen LogP contribution in [0.25, 0.3) is 0 Å². The number of rotatable bonds is 8. The highest BCUT2D eigenvalue weighted by Crippen LogP contribution is 2.07. The van der Waals surface area contributed by atoms with E-state index in [-0.39, 0.29) is 0 Å². The van der Waals surface area contributed by atoms with Crippen molar-refractivity contribution in [1.29, 1.82) is 0 Å². The van der Waals surface area contributed by atoms with E-state index in [0.29, 0.717) is 0 Å². The third kappa shape index (κ3) is 3.91. The van der Waals surface area contributed by atoms with Gasteiger partial charge in [0.2, 0.25) is 0 Å². The molecule has 0 amide bonds. The standard InChI is InChI=1S/C14H23N5O/c1-4-13-7-14(18(2)17-13)11-19-10-12(9-16-19)8-15-5-6-20-3/h7,9-10,15H,4-6,8,11H2,1-3H3. The van der Waals surface area contributed by atoms with E-state index in [1.165, 1.54) is 11.3 Å². The summed E-state index contributed by atoms with van der Waals surface area (Å²) in [6.45, 7) is 5.26. The lowest BCUT2D eigenvalue weighted by atomic mass is 10.3. The summed E-state index contributed by atoms with van der Waals surface area (Å²) in [5.41, 5.74) is 3.47. The zero-order chi connectivity index (χ0) is 14.4. The molecule has 0 spiro atoms. The third-order valence-electron chi connectivity index (χ3n) is 3.21. The first-order valence-corrected chi connectivity index (χ1v) is 6.95. The number of hydrogen-bond donors (Lipinski definition) is 1. The maximum Gasteiger partial charge on any atom is 0.0828 e. The third-order valence-corrected chi connectivity index (χ3v) is 3.21. The molecule has 2 heterocycles. The van der Waals surface area contributed by atoms with Crippen molar-refractivity contribution in [2.75, 3.05) is 20.3 Å². The van der Waals surface area contributed by atoms with Gasteiger partial charge in [-0.05, 0) is 12.5 Å². The topological polar surface area (TPSA) is 56.9 Å². The molecule has 110 valence electrons. The summed E-state index contributed by atoms with van der Waals surface area (Å²) >= 11 is 0. The highest BCUT2D eigenvalue weighted by atomic mass is 16.5. The fourth-order valence-electron chi connectivity index (χ4n) is 2.05. The van der Waals surface area contributed by atoms with Gasteiger partial charge in [0.25, 0.3) is 0 Å². The fourth-order valence-corrected chi connectivity index (χ4v) is 2.05. The Kier molecular flexibility index (Phi) is 5.31. The van der Waals surface area contributed by atoms with Crippen molar-refractivity contribution >= 4 is 0 Å². The molecule has 6 nitrogen and oxygen atoms in total. The van der Waals surface area contributed by atoms with Crippen molar-refractivity contribution in [2.45, 2.75) is 26.4 Å². The Bertz CT molecular complexity index is 531. The molecular formula is C14H23N5O. The zero-order valence-electron chi connectivity index (χ0n) is 12.5. The molecule has 6 heteroatoms. The summed E-state index contributed by atoms with van der Waals surface area (Å²) in [5, 5.41) is 12.2. The van der Waals surface area contributed by atoms with E-state index in [1.807, 2.05) is 22.6 Å². The second-order valence-electron chi connectivity index (χ2n) is 4.82. The molecule has 0 aliphatic carbocycles. The van der Waals surface area contributed by atoms with Crippen molar-refractivity contribution in [3.63, 3.8) is 0 Å². The van der Waals surface area contributed by atoms with Crippen LogP contribution < -0.4 is 5.32 Å². The minimum absolute atomic E-state index is 0.725. The van der Waals surface area contributed by atoms with Crippen LogP contribution in [0.1, 0.15) is 23.9 Å². The van der Waals surface area contributed by atoms with Gasteiger partial charge in [-0.3, -0.25) is 9.36 Å². The highest BCUT2D eigenvalue weighted by Gasteiger charge is 2.05. The van der Waals surface area contributed by atoms with Gasteiger partial charge in [0, 0.05) is 39.0 Å². The normalized spacial score (nSPS) is 11.2. The fraction of sp³-hybridized carbons (Fsp3) is 0.571. The van der Waals surface area contributed by atoms with Crippen LogP contribution in [-0.2, 0) is 31.3 Å². The SMILES string of the molecule is CCc1cc(Cn2cc(CNCCOC)cn2)n(C)n1. The molecule has 0 aromatic carbocycles. The van der Waals surface area contributed by atoms with Gasteiger partial charge in [-0.1, -0.05) is 6.92 Å². The summed E-state index contributed by atoms with van der Waals surface area (Å²) < 4.78 is 8.87. The predicted octanol–water partition coefficient (Wildman–Crippen LogP) is 0.963. The first kappa shape index (κ1) is 14.7. The van der Waals surface area contributed by atoms with Crippen LogP contribution in [0.5, 0.6) is 0 Å². The lowest BCUT2D eigenvalue weighted by Gasteiger charge is -2.02. The second kappa shape index (κ2) is 7.21. The molecule has 2 aromatic heterocycles. The van der Waals surface area contributed by atoms with E-state index < -0.39 is 0 Å². The Morgan fingerprint density at radius 3 is 2.95 bits per heavy atom. The lowest BCUT2D eigenvalue weighted by Crippen LogP contribution is -2.18. The van der Waals surface area contributed by atoms with E-state index in [9.17, 15) is 0 Å². The van der Waals surface area contributed by atoms with E-state index in [4.69, 9.17) is 4.74 Å². The van der Waals surface area contributed by atoms with Crippen LogP contribution in [0.2, 0.25) is 0 Å². The van der Waals surface area contributed by atoms with Crippen molar-refractivity contribution in [3.05, 3.63) is 35.4 Å². The summed E-state index contributed by atoms with van der Waals surface area (Å²) in [4.78, 5) is 0. The van der Waals surface area contributed by atoms with Gasteiger partial charge in [-0.2, -0.15) is 10.2 Å². The van der Waals surface area contributed by atoms with Crippen molar-refractivity contribution in [1.82, 2.24) is 24.9 Å². The van der Waals surface area contributed by atoms with Gasteiger partial charge in [-0.15, -0.1) is 0 Å². The number of nitrogens with zero attached hydrogens (tertiary/aromatic N) is 4. The summed E-state index contributed by atoms with van der Waals surface area (Å²) in [6, 6.07) is 2.14. The number of aromatic nitrogens is 4. The molecule has 2 rings (SSSR count). The number of nitrogens with one attached hydrogen (secondary N) is 1.